The topological polar surface area (TPSA) is 37.0 Å². The van der Waals surface area contributed by atoms with Gasteiger partial charge in [0.15, 0.2) is 0 Å². The van der Waals surface area contributed by atoms with Gasteiger partial charge >= 0.3 is 0 Å². The largest absolute Gasteiger partial charge is 0.365 e. The maximum Gasteiger partial charge on any atom is 0.126 e. The smallest absolute Gasteiger partial charge is 0.126 e. The van der Waals surface area contributed by atoms with Gasteiger partial charge in [-0.3, -0.25) is 0 Å². The lowest BCUT2D eigenvalue weighted by atomic mass is 10.2. The van der Waals surface area contributed by atoms with Crippen molar-refractivity contribution >= 4 is 42.2 Å². The summed E-state index contributed by atoms with van der Waals surface area (Å²) in [5, 5.41) is 7.12. The van der Waals surface area contributed by atoms with Gasteiger partial charge in [-0.15, -0.1) is 24.8 Å². The van der Waals surface area contributed by atoms with Gasteiger partial charge in [-0.1, -0.05) is 11.6 Å². The molecule has 6 heteroatoms. The van der Waals surface area contributed by atoms with Crippen molar-refractivity contribution in [1.29, 1.82) is 0 Å². The van der Waals surface area contributed by atoms with Gasteiger partial charge in [-0.25, -0.2) is 4.98 Å². The molecule has 1 fully saturated rings. The fourth-order valence-electron chi connectivity index (χ4n) is 1.06. The average Bonchev–Trinajstić information content (AvgIpc) is 2.00. The van der Waals surface area contributed by atoms with Gasteiger partial charge in [0.2, 0.25) is 0 Å². The number of nitrogens with zero attached hydrogens (tertiary/aromatic N) is 1. The minimum atomic E-state index is 0. The van der Waals surface area contributed by atoms with Gasteiger partial charge in [-0.05, 0) is 12.1 Å². The number of anilines is 1. The third kappa shape index (κ3) is 3.50. The normalized spacial score (nSPS) is 14.6. The molecule has 1 saturated heterocycles. The van der Waals surface area contributed by atoms with Crippen LogP contribution in [0.5, 0.6) is 0 Å². The van der Waals surface area contributed by atoms with Crippen molar-refractivity contribution in [3.05, 3.63) is 23.4 Å². The van der Waals surface area contributed by atoms with E-state index in [2.05, 4.69) is 15.6 Å². The standard InChI is InChI=1S/C8H10ClN3.2ClH/c9-6-1-2-8(11-3-6)12-7-4-10-5-7;;/h1-3,7,10H,4-5H2,(H,11,12);2*1H. The average molecular weight is 257 g/mol. The van der Waals surface area contributed by atoms with Crippen LogP contribution >= 0.6 is 36.4 Å². The summed E-state index contributed by atoms with van der Waals surface area (Å²) in [6, 6.07) is 4.25. The Kier molecular flexibility index (Phi) is 6.20. The Labute approximate surface area is 100 Å². The number of pyridine rings is 1. The van der Waals surface area contributed by atoms with Crippen molar-refractivity contribution in [3.63, 3.8) is 0 Å². The van der Waals surface area contributed by atoms with Crippen LogP contribution in [0.2, 0.25) is 5.02 Å². The Morgan fingerprint density at radius 1 is 1.36 bits per heavy atom. The Morgan fingerprint density at radius 3 is 2.50 bits per heavy atom. The van der Waals surface area contributed by atoms with Crippen LogP contribution in [0, 0.1) is 0 Å². The molecular formula is C8H12Cl3N3. The molecular weight excluding hydrogens is 244 g/mol. The first-order chi connectivity index (χ1) is 5.84. The minimum absolute atomic E-state index is 0. The van der Waals surface area contributed by atoms with E-state index in [0.29, 0.717) is 11.1 Å². The number of rotatable bonds is 2. The molecule has 0 unspecified atom stereocenters. The fraction of sp³-hybridized carbons (Fsp3) is 0.375. The van der Waals surface area contributed by atoms with Gasteiger partial charge in [0.05, 0.1) is 11.1 Å². The Morgan fingerprint density at radius 2 is 2.07 bits per heavy atom. The molecule has 2 heterocycles. The SMILES string of the molecule is Cl.Cl.Clc1ccc(NC2CNC2)nc1. The zero-order chi connectivity index (χ0) is 8.39. The summed E-state index contributed by atoms with van der Waals surface area (Å²) in [7, 11) is 0. The van der Waals surface area contributed by atoms with Crippen molar-refractivity contribution < 1.29 is 0 Å². The highest BCUT2D eigenvalue weighted by Crippen LogP contribution is 2.11. The maximum atomic E-state index is 5.69. The molecule has 0 atom stereocenters. The van der Waals surface area contributed by atoms with Crippen LogP contribution in [-0.4, -0.2) is 24.1 Å². The first-order valence-corrected chi connectivity index (χ1v) is 4.31. The molecule has 1 aliphatic heterocycles. The molecule has 0 spiro atoms. The molecule has 2 N–H and O–H groups in total. The van der Waals surface area contributed by atoms with Gasteiger partial charge in [0.25, 0.3) is 0 Å². The number of halogens is 3. The maximum absolute atomic E-state index is 5.69. The van der Waals surface area contributed by atoms with Crippen molar-refractivity contribution in [2.24, 2.45) is 0 Å². The van der Waals surface area contributed by atoms with E-state index >= 15 is 0 Å². The van der Waals surface area contributed by atoms with E-state index < -0.39 is 0 Å². The van der Waals surface area contributed by atoms with Crippen LogP contribution in [0.4, 0.5) is 5.82 Å². The van der Waals surface area contributed by atoms with E-state index in [-0.39, 0.29) is 24.8 Å². The second-order valence-corrected chi connectivity index (χ2v) is 3.30. The molecule has 2 rings (SSSR count). The summed E-state index contributed by atoms with van der Waals surface area (Å²) in [6.07, 6.45) is 1.65. The summed E-state index contributed by atoms with van der Waals surface area (Å²) in [4.78, 5) is 4.13. The summed E-state index contributed by atoms with van der Waals surface area (Å²) >= 11 is 5.69. The molecule has 0 aromatic carbocycles. The predicted molar refractivity (Wildman–Crippen MR) is 64.0 cm³/mol. The van der Waals surface area contributed by atoms with Gasteiger partial charge in [-0.2, -0.15) is 0 Å². The zero-order valence-electron chi connectivity index (χ0n) is 7.37. The lowest BCUT2D eigenvalue weighted by Crippen LogP contribution is -2.51. The summed E-state index contributed by atoms with van der Waals surface area (Å²) in [5.74, 6) is 0.894. The molecule has 14 heavy (non-hydrogen) atoms. The predicted octanol–water partition coefficient (Wildman–Crippen LogP) is 1.96. The van der Waals surface area contributed by atoms with Crippen molar-refractivity contribution in [1.82, 2.24) is 10.3 Å². The molecule has 1 aromatic rings. The molecule has 3 nitrogen and oxygen atoms in total. The molecule has 80 valence electrons. The Hall–Kier alpha value is -0.220. The third-order valence-electron chi connectivity index (χ3n) is 1.86. The molecule has 0 saturated carbocycles. The van der Waals surface area contributed by atoms with E-state index in [1.54, 1.807) is 6.20 Å². The van der Waals surface area contributed by atoms with E-state index in [9.17, 15) is 0 Å². The van der Waals surface area contributed by atoms with E-state index in [1.165, 1.54) is 0 Å². The summed E-state index contributed by atoms with van der Waals surface area (Å²) in [5.41, 5.74) is 0. The number of hydrogen-bond acceptors (Lipinski definition) is 3. The quantitative estimate of drug-likeness (QED) is 0.849. The highest BCUT2D eigenvalue weighted by atomic mass is 35.5. The lowest BCUT2D eigenvalue weighted by Gasteiger charge is -2.28. The summed E-state index contributed by atoms with van der Waals surface area (Å²) < 4.78 is 0. The monoisotopic (exact) mass is 255 g/mol. The van der Waals surface area contributed by atoms with Crippen LogP contribution in [0.15, 0.2) is 18.3 Å². The Bertz CT molecular complexity index is 261. The van der Waals surface area contributed by atoms with Gasteiger partial charge in [0, 0.05) is 19.3 Å². The molecule has 1 aromatic heterocycles. The van der Waals surface area contributed by atoms with Gasteiger partial charge < -0.3 is 10.6 Å². The molecule has 0 radical (unpaired) electrons. The van der Waals surface area contributed by atoms with Crippen LogP contribution in [0.3, 0.4) is 0 Å². The van der Waals surface area contributed by atoms with Crippen molar-refractivity contribution in [3.8, 4) is 0 Å². The Balaban J connectivity index is 0.000000845. The zero-order valence-corrected chi connectivity index (χ0v) is 9.75. The second kappa shape index (κ2) is 6.30. The second-order valence-electron chi connectivity index (χ2n) is 2.86. The fourth-order valence-corrected chi connectivity index (χ4v) is 1.17. The first-order valence-electron chi connectivity index (χ1n) is 3.93. The lowest BCUT2D eigenvalue weighted by molar-refractivity contribution is 0.471. The van der Waals surface area contributed by atoms with Crippen LogP contribution < -0.4 is 10.6 Å². The van der Waals surface area contributed by atoms with Crippen LogP contribution in [0.1, 0.15) is 0 Å². The number of hydrogen-bond donors (Lipinski definition) is 2. The minimum Gasteiger partial charge on any atom is -0.365 e. The molecule has 1 aliphatic rings. The highest BCUT2D eigenvalue weighted by molar-refractivity contribution is 6.30. The molecule has 0 amide bonds. The van der Waals surface area contributed by atoms with E-state index in [1.807, 2.05) is 12.1 Å². The molecule has 0 bridgehead atoms. The van der Waals surface area contributed by atoms with Gasteiger partial charge in [0.1, 0.15) is 5.82 Å². The number of nitrogens with one attached hydrogen (secondary N) is 2. The highest BCUT2D eigenvalue weighted by Gasteiger charge is 2.15. The third-order valence-corrected chi connectivity index (χ3v) is 2.08. The van der Waals surface area contributed by atoms with Crippen molar-refractivity contribution in [2.45, 2.75) is 6.04 Å². The van der Waals surface area contributed by atoms with Crippen molar-refractivity contribution in [2.75, 3.05) is 18.4 Å². The van der Waals surface area contributed by atoms with Crippen LogP contribution in [0.25, 0.3) is 0 Å². The molecule has 0 aliphatic carbocycles. The summed E-state index contributed by atoms with van der Waals surface area (Å²) in [6.45, 7) is 2.04. The number of aromatic nitrogens is 1. The van der Waals surface area contributed by atoms with E-state index in [0.717, 1.165) is 18.9 Å². The van der Waals surface area contributed by atoms with E-state index in [4.69, 9.17) is 11.6 Å². The van der Waals surface area contributed by atoms with Crippen LogP contribution in [-0.2, 0) is 0 Å². The first kappa shape index (κ1) is 13.8.